The lowest BCUT2D eigenvalue weighted by Crippen LogP contribution is -2.45. The number of carbonyl (C=O) groups excluding carboxylic acids is 1. The molecule has 1 saturated heterocycles. The first-order valence-electron chi connectivity index (χ1n) is 7.52. The number of hydrogen-bond acceptors (Lipinski definition) is 5. The zero-order chi connectivity index (χ0) is 15.7. The third-order valence-corrected chi connectivity index (χ3v) is 5.45. The molecule has 2 heterocycles. The lowest BCUT2D eigenvalue weighted by Gasteiger charge is -2.36. The summed E-state index contributed by atoms with van der Waals surface area (Å²) in [7, 11) is 3.57. The minimum absolute atomic E-state index is 0.142. The molecule has 1 fully saturated rings. The summed E-state index contributed by atoms with van der Waals surface area (Å²) in [5, 5.41) is 1.04. The molecule has 3 rings (SSSR count). The van der Waals surface area contributed by atoms with Gasteiger partial charge in [-0.05, 0) is 25.0 Å². The van der Waals surface area contributed by atoms with E-state index in [2.05, 4.69) is 11.0 Å². The molecule has 0 radical (unpaired) electrons. The minimum atomic E-state index is 0.142. The fourth-order valence-electron chi connectivity index (χ4n) is 2.91. The summed E-state index contributed by atoms with van der Waals surface area (Å²) in [6.07, 6.45) is 1.98. The molecule has 0 spiro atoms. The van der Waals surface area contributed by atoms with E-state index in [0.29, 0.717) is 6.04 Å². The van der Waals surface area contributed by atoms with E-state index in [9.17, 15) is 4.79 Å². The normalized spacial score (nSPS) is 16.0. The molecule has 5 nitrogen and oxygen atoms in total. The summed E-state index contributed by atoms with van der Waals surface area (Å²) in [5.41, 5.74) is 0.938. The Morgan fingerprint density at radius 2 is 2.14 bits per heavy atom. The number of methoxy groups -OCH3 is 1. The van der Waals surface area contributed by atoms with E-state index >= 15 is 0 Å². The standard InChI is InChI=1S/C16H21N3O2S/c1-11(20)18(2)12-7-9-19(10-8-12)16-17-15-13(21-3)5-4-6-14(15)22-16/h4-6,12H,7-10H2,1-3H3. The van der Waals surface area contributed by atoms with Gasteiger partial charge in [0.15, 0.2) is 5.13 Å². The van der Waals surface area contributed by atoms with Crippen molar-refractivity contribution in [1.29, 1.82) is 0 Å². The lowest BCUT2D eigenvalue weighted by molar-refractivity contribution is -0.129. The van der Waals surface area contributed by atoms with Gasteiger partial charge in [-0.3, -0.25) is 4.79 Å². The van der Waals surface area contributed by atoms with Crippen LogP contribution in [0.4, 0.5) is 5.13 Å². The zero-order valence-corrected chi connectivity index (χ0v) is 14.0. The van der Waals surface area contributed by atoms with Crippen molar-refractivity contribution in [3.63, 3.8) is 0 Å². The Bertz CT molecular complexity index is 677. The highest BCUT2D eigenvalue weighted by Gasteiger charge is 2.25. The first-order chi connectivity index (χ1) is 10.6. The molecule has 1 aliphatic heterocycles. The quantitative estimate of drug-likeness (QED) is 0.873. The first-order valence-corrected chi connectivity index (χ1v) is 8.33. The smallest absolute Gasteiger partial charge is 0.219 e. The Hall–Kier alpha value is -1.82. The molecule has 1 aliphatic rings. The van der Waals surface area contributed by atoms with Crippen LogP contribution in [0.15, 0.2) is 18.2 Å². The Morgan fingerprint density at radius 1 is 1.41 bits per heavy atom. The van der Waals surface area contributed by atoms with Crippen molar-refractivity contribution in [2.45, 2.75) is 25.8 Å². The molecule has 0 saturated carbocycles. The van der Waals surface area contributed by atoms with Crippen molar-refractivity contribution in [2.75, 3.05) is 32.1 Å². The summed E-state index contributed by atoms with van der Waals surface area (Å²) >= 11 is 1.70. The highest BCUT2D eigenvalue weighted by atomic mass is 32.1. The number of amides is 1. The number of hydrogen-bond donors (Lipinski definition) is 0. The van der Waals surface area contributed by atoms with Crippen molar-refractivity contribution < 1.29 is 9.53 Å². The summed E-state index contributed by atoms with van der Waals surface area (Å²) in [5.74, 6) is 0.967. The van der Waals surface area contributed by atoms with Crippen molar-refractivity contribution in [1.82, 2.24) is 9.88 Å². The summed E-state index contributed by atoms with van der Waals surface area (Å²) in [6.45, 7) is 3.50. The predicted molar refractivity (Wildman–Crippen MR) is 89.9 cm³/mol. The predicted octanol–water partition coefficient (Wildman–Crippen LogP) is 2.75. The maximum atomic E-state index is 11.5. The van der Waals surface area contributed by atoms with E-state index in [-0.39, 0.29) is 5.91 Å². The number of rotatable bonds is 3. The van der Waals surface area contributed by atoms with Gasteiger partial charge >= 0.3 is 0 Å². The molecular weight excluding hydrogens is 298 g/mol. The van der Waals surface area contributed by atoms with Crippen LogP contribution in [-0.2, 0) is 4.79 Å². The van der Waals surface area contributed by atoms with E-state index in [1.165, 1.54) is 0 Å². The molecule has 0 bridgehead atoms. The van der Waals surface area contributed by atoms with Gasteiger partial charge in [-0.15, -0.1) is 0 Å². The summed E-state index contributed by atoms with van der Waals surface area (Å²) in [4.78, 5) is 20.4. The number of piperidine rings is 1. The zero-order valence-electron chi connectivity index (χ0n) is 13.2. The molecule has 0 aliphatic carbocycles. The number of benzene rings is 1. The van der Waals surface area contributed by atoms with Crippen LogP contribution in [0.2, 0.25) is 0 Å². The highest BCUT2D eigenvalue weighted by molar-refractivity contribution is 7.22. The molecule has 6 heteroatoms. The Morgan fingerprint density at radius 3 is 2.77 bits per heavy atom. The van der Waals surface area contributed by atoms with Crippen molar-refractivity contribution in [3.8, 4) is 5.75 Å². The largest absolute Gasteiger partial charge is 0.494 e. The van der Waals surface area contributed by atoms with Crippen LogP contribution < -0.4 is 9.64 Å². The van der Waals surface area contributed by atoms with Crippen LogP contribution >= 0.6 is 11.3 Å². The van der Waals surface area contributed by atoms with E-state index < -0.39 is 0 Å². The van der Waals surface area contributed by atoms with Crippen LogP contribution in [0.3, 0.4) is 0 Å². The second-order valence-electron chi connectivity index (χ2n) is 5.65. The molecule has 1 aromatic heterocycles. The second-order valence-corrected chi connectivity index (χ2v) is 6.66. The van der Waals surface area contributed by atoms with E-state index in [0.717, 1.165) is 47.0 Å². The average molecular weight is 319 g/mol. The van der Waals surface area contributed by atoms with Crippen LogP contribution in [0.5, 0.6) is 5.75 Å². The Balaban J connectivity index is 1.75. The van der Waals surface area contributed by atoms with Gasteiger partial charge in [-0.25, -0.2) is 4.98 Å². The molecule has 0 atom stereocenters. The lowest BCUT2D eigenvalue weighted by atomic mass is 10.0. The first kappa shape index (κ1) is 15.1. The molecule has 118 valence electrons. The molecule has 2 aromatic rings. The SMILES string of the molecule is COc1cccc2sc(N3CCC(N(C)C(C)=O)CC3)nc12. The van der Waals surface area contributed by atoms with Crippen LogP contribution in [0, 0.1) is 0 Å². The number of aromatic nitrogens is 1. The van der Waals surface area contributed by atoms with E-state index in [4.69, 9.17) is 9.72 Å². The Labute approximate surface area is 134 Å². The summed E-state index contributed by atoms with van der Waals surface area (Å²) < 4.78 is 6.53. The van der Waals surface area contributed by atoms with Crippen molar-refractivity contribution in [3.05, 3.63) is 18.2 Å². The van der Waals surface area contributed by atoms with E-state index in [1.54, 1.807) is 25.4 Å². The maximum absolute atomic E-state index is 11.5. The number of fused-ring (bicyclic) bond motifs is 1. The third-order valence-electron chi connectivity index (χ3n) is 4.37. The van der Waals surface area contributed by atoms with Gasteiger partial charge in [0.2, 0.25) is 5.91 Å². The highest BCUT2D eigenvalue weighted by Crippen LogP contribution is 2.35. The van der Waals surface area contributed by atoms with E-state index in [1.807, 2.05) is 24.1 Å². The Kier molecular flexibility index (Phi) is 4.20. The fourth-order valence-corrected chi connectivity index (χ4v) is 3.95. The number of nitrogens with zero attached hydrogens (tertiary/aromatic N) is 3. The number of anilines is 1. The van der Waals surface area contributed by atoms with Crippen LogP contribution in [-0.4, -0.2) is 49.1 Å². The van der Waals surface area contributed by atoms with Gasteiger partial charge in [0.25, 0.3) is 0 Å². The summed E-state index contributed by atoms with van der Waals surface area (Å²) in [6, 6.07) is 6.37. The molecule has 1 amide bonds. The number of carbonyl (C=O) groups is 1. The molecule has 0 unspecified atom stereocenters. The maximum Gasteiger partial charge on any atom is 0.219 e. The van der Waals surface area contributed by atoms with Gasteiger partial charge in [0.1, 0.15) is 11.3 Å². The second kappa shape index (κ2) is 6.12. The molecule has 0 N–H and O–H groups in total. The van der Waals surface area contributed by atoms with Gasteiger partial charge in [0.05, 0.1) is 11.8 Å². The number of thiazole rings is 1. The fraction of sp³-hybridized carbons (Fsp3) is 0.500. The average Bonchev–Trinajstić information content (AvgIpc) is 2.98. The molecular formula is C16H21N3O2S. The van der Waals surface area contributed by atoms with Crippen molar-refractivity contribution >= 4 is 32.6 Å². The number of para-hydroxylation sites is 1. The van der Waals surface area contributed by atoms with Gasteiger partial charge in [-0.2, -0.15) is 0 Å². The number of ether oxygens (including phenoxy) is 1. The molecule has 1 aromatic carbocycles. The van der Waals surface area contributed by atoms with Gasteiger partial charge in [0, 0.05) is 33.1 Å². The third kappa shape index (κ3) is 2.75. The van der Waals surface area contributed by atoms with Crippen LogP contribution in [0.1, 0.15) is 19.8 Å². The van der Waals surface area contributed by atoms with Gasteiger partial charge in [-0.1, -0.05) is 17.4 Å². The molecule has 22 heavy (non-hydrogen) atoms. The topological polar surface area (TPSA) is 45.7 Å². The minimum Gasteiger partial charge on any atom is -0.494 e. The van der Waals surface area contributed by atoms with Gasteiger partial charge < -0.3 is 14.5 Å². The van der Waals surface area contributed by atoms with Crippen LogP contribution in [0.25, 0.3) is 10.2 Å². The monoisotopic (exact) mass is 319 g/mol. The van der Waals surface area contributed by atoms with Crippen molar-refractivity contribution in [2.24, 2.45) is 0 Å².